The van der Waals surface area contributed by atoms with Crippen molar-refractivity contribution in [2.24, 2.45) is 7.05 Å². The average molecular weight is 251 g/mol. The number of aromatic nitrogens is 2. The van der Waals surface area contributed by atoms with Crippen LogP contribution in [0, 0.1) is 20.8 Å². The van der Waals surface area contributed by atoms with Crippen LogP contribution in [-0.4, -0.2) is 4.57 Å². The summed E-state index contributed by atoms with van der Waals surface area (Å²) < 4.78 is 4.61. The number of para-hydroxylation sites is 3. The third-order valence-electron chi connectivity index (χ3n) is 3.96. The predicted molar refractivity (Wildman–Crippen MR) is 78.7 cm³/mol. The zero-order valence-electron chi connectivity index (χ0n) is 11.9. The van der Waals surface area contributed by atoms with Crippen molar-refractivity contribution in [2.75, 3.05) is 0 Å². The molecule has 0 spiro atoms. The quantitative estimate of drug-likeness (QED) is 0.586. The van der Waals surface area contributed by atoms with Gasteiger partial charge in [0.25, 0.3) is 5.82 Å². The van der Waals surface area contributed by atoms with Gasteiger partial charge in [-0.15, -0.1) is 0 Å². The maximum atomic E-state index is 2.36. The predicted octanol–water partition coefficient (Wildman–Crippen LogP) is 3.38. The number of nitrogens with zero attached hydrogens (tertiary/aromatic N) is 2. The van der Waals surface area contributed by atoms with Crippen LogP contribution >= 0.6 is 0 Å². The van der Waals surface area contributed by atoms with Crippen LogP contribution in [0.2, 0.25) is 0 Å². The van der Waals surface area contributed by atoms with E-state index in [2.05, 4.69) is 79.4 Å². The lowest BCUT2D eigenvalue weighted by Gasteiger charge is -2.07. The van der Waals surface area contributed by atoms with Gasteiger partial charge in [0.1, 0.15) is 5.69 Å². The van der Waals surface area contributed by atoms with E-state index in [0.29, 0.717) is 0 Å². The fourth-order valence-corrected chi connectivity index (χ4v) is 2.88. The van der Waals surface area contributed by atoms with Crippen LogP contribution in [0.5, 0.6) is 0 Å². The van der Waals surface area contributed by atoms with Gasteiger partial charge in [0.05, 0.1) is 7.05 Å². The molecule has 0 bridgehead atoms. The molecule has 2 heteroatoms. The highest BCUT2D eigenvalue weighted by Crippen LogP contribution is 2.24. The molecule has 1 heterocycles. The van der Waals surface area contributed by atoms with Crippen LogP contribution in [0.3, 0.4) is 0 Å². The van der Waals surface area contributed by atoms with Crippen molar-refractivity contribution in [3.8, 4) is 5.69 Å². The van der Waals surface area contributed by atoms with E-state index in [4.69, 9.17) is 0 Å². The van der Waals surface area contributed by atoms with Gasteiger partial charge in [0.15, 0.2) is 11.0 Å². The Hall–Kier alpha value is -2.09. The van der Waals surface area contributed by atoms with E-state index in [1.54, 1.807) is 0 Å². The van der Waals surface area contributed by atoms with Gasteiger partial charge in [-0.2, -0.15) is 4.57 Å². The maximum absolute atomic E-state index is 2.36. The summed E-state index contributed by atoms with van der Waals surface area (Å²) in [7, 11) is 2.13. The summed E-state index contributed by atoms with van der Waals surface area (Å²) in [6.07, 6.45) is 0. The molecule has 3 aromatic rings. The van der Waals surface area contributed by atoms with Crippen LogP contribution < -0.4 is 4.57 Å². The van der Waals surface area contributed by atoms with Gasteiger partial charge in [-0.25, -0.2) is 4.57 Å². The molecule has 0 aliphatic heterocycles. The van der Waals surface area contributed by atoms with Crippen molar-refractivity contribution in [1.29, 1.82) is 0 Å². The minimum Gasteiger partial charge on any atom is -0.230 e. The number of hydrogen-bond donors (Lipinski definition) is 0. The minimum atomic E-state index is 1.25. The Morgan fingerprint density at radius 2 is 1.47 bits per heavy atom. The second-order valence-corrected chi connectivity index (χ2v) is 5.17. The van der Waals surface area contributed by atoms with Crippen LogP contribution in [-0.2, 0) is 7.05 Å². The molecule has 0 unspecified atom stereocenters. The lowest BCUT2D eigenvalue weighted by atomic mass is 10.1. The van der Waals surface area contributed by atoms with Crippen molar-refractivity contribution >= 4 is 11.0 Å². The molecule has 0 saturated heterocycles. The lowest BCUT2D eigenvalue weighted by Crippen LogP contribution is -2.30. The first kappa shape index (κ1) is 12.0. The molecule has 0 saturated carbocycles. The molecule has 0 aliphatic rings. The van der Waals surface area contributed by atoms with Gasteiger partial charge < -0.3 is 0 Å². The molecular weight excluding hydrogens is 232 g/mol. The minimum absolute atomic E-state index is 1.25. The summed E-state index contributed by atoms with van der Waals surface area (Å²) in [6.45, 7) is 6.53. The molecule has 0 fully saturated rings. The Morgan fingerprint density at radius 1 is 0.842 bits per heavy atom. The monoisotopic (exact) mass is 251 g/mol. The standard InChI is InChI=1S/C17H19N2/c1-12-8-7-9-13(2)17(12)19-14(3)18(4)15-10-5-6-11-16(15)19/h5-11H,1-4H3/q+1. The summed E-state index contributed by atoms with van der Waals surface area (Å²) >= 11 is 0. The summed E-state index contributed by atoms with van der Waals surface area (Å²) in [5, 5.41) is 0. The fraction of sp³-hybridized carbons (Fsp3) is 0.235. The van der Waals surface area contributed by atoms with Crippen molar-refractivity contribution in [3.05, 3.63) is 59.4 Å². The normalized spacial score (nSPS) is 11.2. The molecule has 2 aromatic carbocycles. The summed E-state index contributed by atoms with van der Waals surface area (Å²) in [5.74, 6) is 1.25. The molecular formula is C17H19N2+. The molecule has 2 nitrogen and oxygen atoms in total. The maximum Gasteiger partial charge on any atom is 0.259 e. The van der Waals surface area contributed by atoms with Gasteiger partial charge in [-0.1, -0.05) is 30.3 Å². The number of imidazole rings is 1. The highest BCUT2D eigenvalue weighted by atomic mass is 15.2. The Morgan fingerprint density at radius 3 is 2.16 bits per heavy atom. The number of fused-ring (bicyclic) bond motifs is 1. The zero-order chi connectivity index (χ0) is 13.6. The fourth-order valence-electron chi connectivity index (χ4n) is 2.88. The number of aryl methyl sites for hydroxylation is 3. The van der Waals surface area contributed by atoms with Gasteiger partial charge in [-0.3, -0.25) is 0 Å². The average Bonchev–Trinajstić information content (AvgIpc) is 2.64. The van der Waals surface area contributed by atoms with Crippen LogP contribution in [0.1, 0.15) is 17.0 Å². The first-order chi connectivity index (χ1) is 9.11. The number of benzene rings is 2. The second-order valence-electron chi connectivity index (χ2n) is 5.17. The SMILES string of the molecule is Cc1cccc(C)c1-n1c(C)[n+](C)c2ccccc21. The van der Waals surface area contributed by atoms with E-state index in [0.717, 1.165) is 0 Å². The smallest absolute Gasteiger partial charge is 0.230 e. The lowest BCUT2D eigenvalue weighted by molar-refractivity contribution is -0.652. The summed E-state index contributed by atoms with van der Waals surface area (Å²) in [6, 6.07) is 15.0. The van der Waals surface area contributed by atoms with E-state index in [1.165, 1.54) is 33.7 Å². The number of hydrogen-bond acceptors (Lipinski definition) is 0. The highest BCUT2D eigenvalue weighted by Gasteiger charge is 2.22. The third-order valence-corrected chi connectivity index (χ3v) is 3.96. The van der Waals surface area contributed by atoms with Crippen molar-refractivity contribution in [3.63, 3.8) is 0 Å². The van der Waals surface area contributed by atoms with E-state index in [9.17, 15) is 0 Å². The van der Waals surface area contributed by atoms with Gasteiger partial charge in [-0.05, 0) is 37.1 Å². The Kier molecular flexibility index (Phi) is 2.67. The third kappa shape index (κ3) is 1.67. The summed E-state index contributed by atoms with van der Waals surface area (Å²) in [5.41, 5.74) is 6.45. The highest BCUT2D eigenvalue weighted by molar-refractivity contribution is 5.75. The van der Waals surface area contributed by atoms with E-state index < -0.39 is 0 Å². The second kappa shape index (κ2) is 4.23. The van der Waals surface area contributed by atoms with Gasteiger partial charge in [0, 0.05) is 6.92 Å². The molecule has 0 atom stereocenters. The molecule has 0 amide bonds. The van der Waals surface area contributed by atoms with Crippen molar-refractivity contribution in [2.45, 2.75) is 20.8 Å². The van der Waals surface area contributed by atoms with Crippen molar-refractivity contribution in [1.82, 2.24) is 4.57 Å². The van der Waals surface area contributed by atoms with E-state index in [-0.39, 0.29) is 0 Å². The van der Waals surface area contributed by atoms with Gasteiger partial charge >= 0.3 is 0 Å². The molecule has 0 aliphatic carbocycles. The molecule has 0 radical (unpaired) electrons. The molecule has 19 heavy (non-hydrogen) atoms. The molecule has 3 rings (SSSR count). The largest absolute Gasteiger partial charge is 0.259 e. The van der Waals surface area contributed by atoms with E-state index >= 15 is 0 Å². The Bertz CT molecular complexity index is 746. The molecule has 1 aromatic heterocycles. The zero-order valence-corrected chi connectivity index (χ0v) is 11.9. The summed E-state index contributed by atoms with van der Waals surface area (Å²) in [4.78, 5) is 0. The first-order valence-corrected chi connectivity index (χ1v) is 6.64. The molecule has 0 N–H and O–H groups in total. The number of rotatable bonds is 1. The molecule has 96 valence electrons. The first-order valence-electron chi connectivity index (χ1n) is 6.64. The van der Waals surface area contributed by atoms with Crippen molar-refractivity contribution < 1.29 is 4.57 Å². The van der Waals surface area contributed by atoms with Gasteiger partial charge in [0.2, 0.25) is 0 Å². The Labute approximate surface area is 113 Å². The van der Waals surface area contributed by atoms with Crippen LogP contribution in [0.4, 0.5) is 0 Å². The van der Waals surface area contributed by atoms with Crippen LogP contribution in [0.25, 0.3) is 16.7 Å². The Balaban J connectivity index is 2.47. The van der Waals surface area contributed by atoms with Crippen LogP contribution in [0.15, 0.2) is 42.5 Å². The topological polar surface area (TPSA) is 8.81 Å². The van der Waals surface area contributed by atoms with E-state index in [1.807, 2.05) is 0 Å².